The normalized spacial score (nSPS) is 9.95. The molecule has 2 aromatic rings. The SMILES string of the molecule is Cc1ccc(O)c(C(=O)NCc2ccc(C#N)cc2F)c1. The molecule has 2 N–H and O–H groups in total. The molecule has 0 fully saturated rings. The molecule has 4 nitrogen and oxygen atoms in total. The van der Waals surface area contributed by atoms with E-state index in [9.17, 15) is 14.3 Å². The van der Waals surface area contributed by atoms with Gasteiger partial charge < -0.3 is 10.4 Å². The lowest BCUT2D eigenvalue weighted by Crippen LogP contribution is -2.23. The van der Waals surface area contributed by atoms with Gasteiger partial charge in [-0.2, -0.15) is 5.26 Å². The molecule has 21 heavy (non-hydrogen) atoms. The lowest BCUT2D eigenvalue weighted by Gasteiger charge is -2.08. The summed E-state index contributed by atoms with van der Waals surface area (Å²) in [6.45, 7) is 1.78. The third kappa shape index (κ3) is 3.37. The van der Waals surface area contributed by atoms with E-state index in [4.69, 9.17) is 5.26 Å². The first-order chi connectivity index (χ1) is 10.0. The maximum absolute atomic E-state index is 13.7. The minimum Gasteiger partial charge on any atom is -0.507 e. The quantitative estimate of drug-likeness (QED) is 0.910. The number of phenols is 1. The van der Waals surface area contributed by atoms with E-state index in [-0.39, 0.29) is 29.0 Å². The van der Waals surface area contributed by atoms with Crippen molar-refractivity contribution in [3.63, 3.8) is 0 Å². The molecule has 0 unspecified atom stereocenters. The summed E-state index contributed by atoms with van der Waals surface area (Å²) in [4.78, 5) is 12.0. The third-order valence-corrected chi connectivity index (χ3v) is 3.02. The highest BCUT2D eigenvalue weighted by Gasteiger charge is 2.12. The van der Waals surface area contributed by atoms with Crippen LogP contribution >= 0.6 is 0 Å². The van der Waals surface area contributed by atoms with Gasteiger partial charge in [-0.1, -0.05) is 17.7 Å². The molecule has 0 bridgehead atoms. The van der Waals surface area contributed by atoms with Crippen LogP contribution in [0.4, 0.5) is 4.39 Å². The molecule has 1 amide bonds. The fourth-order valence-electron chi connectivity index (χ4n) is 1.86. The largest absolute Gasteiger partial charge is 0.507 e. The molecular weight excluding hydrogens is 271 g/mol. The summed E-state index contributed by atoms with van der Waals surface area (Å²) in [6.07, 6.45) is 0. The fourth-order valence-corrected chi connectivity index (χ4v) is 1.86. The lowest BCUT2D eigenvalue weighted by molar-refractivity contribution is 0.0948. The minimum atomic E-state index is -0.553. The molecule has 0 aliphatic carbocycles. The number of carbonyl (C=O) groups is 1. The van der Waals surface area contributed by atoms with Crippen LogP contribution in [0, 0.1) is 24.1 Å². The summed E-state index contributed by atoms with van der Waals surface area (Å²) >= 11 is 0. The van der Waals surface area contributed by atoms with Gasteiger partial charge in [0.2, 0.25) is 0 Å². The second-order valence-corrected chi connectivity index (χ2v) is 4.62. The van der Waals surface area contributed by atoms with Gasteiger partial charge in [-0.25, -0.2) is 4.39 Å². The van der Waals surface area contributed by atoms with Gasteiger partial charge in [0.25, 0.3) is 5.91 Å². The molecule has 106 valence electrons. The zero-order valence-electron chi connectivity index (χ0n) is 11.4. The molecule has 2 aromatic carbocycles. The Bertz CT molecular complexity index is 736. The van der Waals surface area contributed by atoms with Crippen molar-refractivity contribution in [1.82, 2.24) is 5.32 Å². The number of aryl methyl sites for hydroxylation is 1. The summed E-state index contributed by atoms with van der Waals surface area (Å²) in [7, 11) is 0. The van der Waals surface area contributed by atoms with Crippen molar-refractivity contribution < 1.29 is 14.3 Å². The highest BCUT2D eigenvalue weighted by Crippen LogP contribution is 2.18. The number of nitrogens with zero attached hydrogens (tertiary/aromatic N) is 1. The number of carbonyl (C=O) groups excluding carboxylic acids is 1. The number of aromatic hydroxyl groups is 1. The number of nitrogens with one attached hydrogen (secondary N) is 1. The predicted molar refractivity (Wildman–Crippen MR) is 75.1 cm³/mol. The van der Waals surface area contributed by atoms with Crippen LogP contribution < -0.4 is 5.32 Å². The second kappa shape index (κ2) is 6.06. The van der Waals surface area contributed by atoms with Crippen LogP contribution in [-0.2, 0) is 6.54 Å². The number of benzene rings is 2. The Morgan fingerprint density at radius 1 is 1.33 bits per heavy atom. The van der Waals surface area contributed by atoms with Crippen LogP contribution in [0.1, 0.15) is 27.0 Å². The second-order valence-electron chi connectivity index (χ2n) is 4.62. The standard InChI is InChI=1S/C16H13FN2O2/c1-10-2-5-15(20)13(6-10)16(21)19-9-12-4-3-11(8-18)7-14(12)17/h2-7,20H,9H2,1H3,(H,19,21). The summed E-state index contributed by atoms with van der Waals surface area (Å²) in [5, 5.41) is 20.9. The summed E-state index contributed by atoms with van der Waals surface area (Å²) in [5.74, 6) is -1.17. The molecule has 0 saturated carbocycles. The maximum atomic E-state index is 13.7. The number of halogens is 1. The van der Waals surface area contributed by atoms with Crippen LogP contribution in [0.2, 0.25) is 0 Å². The smallest absolute Gasteiger partial charge is 0.255 e. The van der Waals surface area contributed by atoms with Gasteiger partial charge >= 0.3 is 0 Å². The van der Waals surface area contributed by atoms with Gasteiger partial charge in [-0.05, 0) is 31.2 Å². The minimum absolute atomic E-state index is 0.0241. The van der Waals surface area contributed by atoms with Crippen LogP contribution in [0.3, 0.4) is 0 Å². The third-order valence-electron chi connectivity index (χ3n) is 3.02. The first-order valence-corrected chi connectivity index (χ1v) is 6.27. The van der Waals surface area contributed by atoms with Gasteiger partial charge in [-0.15, -0.1) is 0 Å². The molecule has 0 saturated heterocycles. The van der Waals surface area contributed by atoms with E-state index in [2.05, 4.69) is 5.32 Å². The monoisotopic (exact) mass is 284 g/mol. The Hall–Kier alpha value is -2.87. The average Bonchev–Trinajstić information content (AvgIpc) is 2.48. The van der Waals surface area contributed by atoms with E-state index in [0.717, 1.165) is 11.6 Å². The zero-order chi connectivity index (χ0) is 15.4. The van der Waals surface area contributed by atoms with Crippen molar-refractivity contribution in [2.75, 3.05) is 0 Å². The van der Waals surface area contributed by atoms with Gasteiger partial charge in [0.05, 0.1) is 17.2 Å². The number of phenolic OH excluding ortho intramolecular Hbond substituents is 1. The Kier molecular flexibility index (Phi) is 4.19. The number of hydrogen-bond acceptors (Lipinski definition) is 3. The van der Waals surface area contributed by atoms with Crippen molar-refractivity contribution in [3.05, 3.63) is 64.5 Å². The number of nitriles is 1. The molecule has 0 radical (unpaired) electrons. The van der Waals surface area contributed by atoms with Crippen LogP contribution in [0.15, 0.2) is 36.4 Å². The van der Waals surface area contributed by atoms with Crippen LogP contribution in [-0.4, -0.2) is 11.0 Å². The number of amides is 1. The van der Waals surface area contributed by atoms with Crippen molar-refractivity contribution in [1.29, 1.82) is 5.26 Å². The molecule has 0 atom stereocenters. The highest BCUT2D eigenvalue weighted by atomic mass is 19.1. The number of hydrogen-bond donors (Lipinski definition) is 2. The predicted octanol–water partition coefficient (Wildman–Crippen LogP) is 2.64. The molecule has 0 aliphatic heterocycles. The average molecular weight is 284 g/mol. The molecular formula is C16H13FN2O2. The topological polar surface area (TPSA) is 73.1 Å². The summed E-state index contributed by atoms with van der Waals surface area (Å²) in [5.41, 5.74) is 1.47. The Morgan fingerprint density at radius 3 is 2.76 bits per heavy atom. The van der Waals surface area contributed by atoms with E-state index in [1.54, 1.807) is 19.1 Å². The first-order valence-electron chi connectivity index (χ1n) is 6.27. The number of rotatable bonds is 3. The van der Waals surface area contributed by atoms with Crippen molar-refractivity contribution in [2.45, 2.75) is 13.5 Å². The van der Waals surface area contributed by atoms with Crippen LogP contribution in [0.25, 0.3) is 0 Å². The summed E-state index contributed by atoms with van der Waals surface area (Å²) in [6, 6.07) is 10.6. The van der Waals surface area contributed by atoms with Crippen molar-refractivity contribution >= 4 is 5.91 Å². The van der Waals surface area contributed by atoms with Gasteiger partial charge in [0.15, 0.2) is 0 Å². The zero-order valence-corrected chi connectivity index (χ0v) is 11.4. The molecule has 0 heterocycles. The Morgan fingerprint density at radius 2 is 2.10 bits per heavy atom. The highest BCUT2D eigenvalue weighted by molar-refractivity contribution is 5.96. The first kappa shape index (κ1) is 14.5. The summed E-state index contributed by atoms with van der Waals surface area (Å²) < 4.78 is 13.7. The fraction of sp³-hybridized carbons (Fsp3) is 0.125. The van der Waals surface area contributed by atoms with E-state index in [1.807, 2.05) is 6.07 Å². The van der Waals surface area contributed by atoms with E-state index in [0.29, 0.717) is 0 Å². The van der Waals surface area contributed by atoms with E-state index >= 15 is 0 Å². The molecule has 0 spiro atoms. The molecule has 0 aliphatic rings. The lowest BCUT2D eigenvalue weighted by atomic mass is 10.1. The molecule has 2 rings (SSSR count). The van der Waals surface area contributed by atoms with E-state index in [1.165, 1.54) is 18.2 Å². The Balaban J connectivity index is 2.11. The van der Waals surface area contributed by atoms with Gasteiger partial charge in [0.1, 0.15) is 11.6 Å². The van der Waals surface area contributed by atoms with Crippen LogP contribution in [0.5, 0.6) is 5.75 Å². The maximum Gasteiger partial charge on any atom is 0.255 e. The molecule has 0 aromatic heterocycles. The van der Waals surface area contributed by atoms with Gasteiger partial charge in [0, 0.05) is 12.1 Å². The van der Waals surface area contributed by atoms with Crippen molar-refractivity contribution in [3.8, 4) is 11.8 Å². The van der Waals surface area contributed by atoms with Gasteiger partial charge in [-0.3, -0.25) is 4.79 Å². The van der Waals surface area contributed by atoms with E-state index < -0.39 is 11.7 Å². The Labute approximate surface area is 121 Å². The molecule has 5 heteroatoms. The van der Waals surface area contributed by atoms with Crippen molar-refractivity contribution in [2.24, 2.45) is 0 Å².